The first kappa shape index (κ1) is 19.0. The Labute approximate surface area is 159 Å². The Morgan fingerprint density at radius 3 is 2.56 bits per heavy atom. The molecule has 0 aromatic heterocycles. The number of nitrogens with one attached hydrogen (secondary N) is 2. The minimum atomic E-state index is -0.187. The zero-order valence-corrected chi connectivity index (χ0v) is 16.0. The summed E-state index contributed by atoms with van der Waals surface area (Å²) in [6, 6.07) is 12.6. The fourth-order valence-corrected chi connectivity index (χ4v) is 3.19. The normalized spacial score (nSPS) is 15.2. The molecule has 1 aliphatic rings. The second-order valence-electron chi connectivity index (χ2n) is 6.75. The highest BCUT2D eigenvalue weighted by Crippen LogP contribution is 2.47. The molecule has 0 atom stereocenters. The van der Waals surface area contributed by atoms with Crippen LogP contribution in [0.1, 0.15) is 24.0 Å². The first-order valence-electron chi connectivity index (χ1n) is 9.02. The van der Waals surface area contributed by atoms with Crippen LogP contribution in [0.5, 0.6) is 11.5 Å². The van der Waals surface area contributed by atoms with Gasteiger partial charge in [-0.05, 0) is 42.7 Å². The van der Waals surface area contributed by atoms with Crippen molar-refractivity contribution in [3.63, 3.8) is 0 Å². The number of halogens is 1. The van der Waals surface area contributed by atoms with Crippen molar-refractivity contribution in [1.29, 1.82) is 0 Å². The van der Waals surface area contributed by atoms with E-state index in [4.69, 9.17) is 9.47 Å². The lowest BCUT2D eigenvalue weighted by Crippen LogP contribution is -2.41. The second kappa shape index (κ2) is 8.29. The number of hydrogen-bond acceptors (Lipinski definition) is 3. The number of benzene rings is 2. The topological polar surface area (TPSA) is 54.9 Å². The highest BCUT2D eigenvalue weighted by Gasteiger charge is 2.44. The van der Waals surface area contributed by atoms with Crippen LogP contribution in [0.3, 0.4) is 0 Å². The zero-order valence-electron chi connectivity index (χ0n) is 16.0. The molecule has 1 aliphatic carbocycles. The highest BCUT2D eigenvalue weighted by molar-refractivity contribution is 5.80. The summed E-state index contributed by atoms with van der Waals surface area (Å²) in [6.07, 6.45) is 2.10. The van der Waals surface area contributed by atoms with E-state index < -0.39 is 0 Å². The van der Waals surface area contributed by atoms with Gasteiger partial charge in [0.05, 0.1) is 14.2 Å². The lowest BCUT2D eigenvalue weighted by molar-refractivity contribution is 0.390. The number of methoxy groups -OCH3 is 2. The molecular formula is C21H26FN3O2. The number of nitrogens with zero attached hydrogens (tertiary/aromatic N) is 1. The molecule has 5 nitrogen and oxygen atoms in total. The van der Waals surface area contributed by atoms with Crippen LogP contribution in [-0.4, -0.2) is 33.8 Å². The zero-order chi connectivity index (χ0) is 19.3. The molecule has 0 unspecified atom stereocenters. The van der Waals surface area contributed by atoms with E-state index in [2.05, 4.69) is 15.6 Å². The van der Waals surface area contributed by atoms with Gasteiger partial charge in [-0.25, -0.2) is 4.39 Å². The molecule has 2 aromatic rings. The molecule has 2 aromatic carbocycles. The van der Waals surface area contributed by atoms with Gasteiger partial charge in [-0.2, -0.15) is 0 Å². The highest BCUT2D eigenvalue weighted by atomic mass is 19.1. The van der Waals surface area contributed by atoms with Crippen molar-refractivity contribution < 1.29 is 13.9 Å². The third-order valence-corrected chi connectivity index (χ3v) is 5.05. The molecule has 3 rings (SSSR count). The summed E-state index contributed by atoms with van der Waals surface area (Å²) < 4.78 is 24.2. The van der Waals surface area contributed by atoms with Crippen molar-refractivity contribution in [3.05, 3.63) is 59.4 Å². The largest absolute Gasteiger partial charge is 0.497 e. The van der Waals surface area contributed by atoms with Crippen molar-refractivity contribution >= 4 is 5.96 Å². The molecule has 1 fully saturated rings. The summed E-state index contributed by atoms with van der Waals surface area (Å²) in [6.45, 7) is 1.29. The van der Waals surface area contributed by atoms with E-state index in [1.165, 1.54) is 6.07 Å². The summed E-state index contributed by atoms with van der Waals surface area (Å²) in [5, 5.41) is 6.68. The summed E-state index contributed by atoms with van der Waals surface area (Å²) >= 11 is 0. The van der Waals surface area contributed by atoms with Crippen LogP contribution < -0.4 is 20.1 Å². The van der Waals surface area contributed by atoms with Crippen LogP contribution in [0.25, 0.3) is 0 Å². The molecule has 2 N–H and O–H groups in total. The first-order valence-corrected chi connectivity index (χ1v) is 9.02. The summed E-state index contributed by atoms with van der Waals surface area (Å²) in [4.78, 5) is 4.29. The van der Waals surface area contributed by atoms with E-state index in [1.54, 1.807) is 33.4 Å². The van der Waals surface area contributed by atoms with Crippen molar-refractivity contribution in [1.82, 2.24) is 10.6 Å². The predicted octanol–water partition coefficient (Wildman–Crippen LogP) is 3.24. The average molecular weight is 371 g/mol. The van der Waals surface area contributed by atoms with Gasteiger partial charge in [0.2, 0.25) is 0 Å². The van der Waals surface area contributed by atoms with Crippen LogP contribution in [0.15, 0.2) is 47.5 Å². The van der Waals surface area contributed by atoms with Gasteiger partial charge in [0, 0.05) is 37.2 Å². The van der Waals surface area contributed by atoms with Gasteiger partial charge in [-0.3, -0.25) is 4.99 Å². The van der Waals surface area contributed by atoms with Crippen LogP contribution in [0.4, 0.5) is 4.39 Å². The second-order valence-corrected chi connectivity index (χ2v) is 6.75. The maximum absolute atomic E-state index is 13.5. The summed E-state index contributed by atoms with van der Waals surface area (Å²) in [5.41, 5.74) is 2.05. The van der Waals surface area contributed by atoms with Crippen LogP contribution in [-0.2, 0) is 12.0 Å². The van der Waals surface area contributed by atoms with E-state index in [0.717, 1.165) is 42.0 Å². The molecule has 0 amide bonds. The third-order valence-electron chi connectivity index (χ3n) is 5.05. The minimum Gasteiger partial charge on any atom is -0.497 e. The molecular weight excluding hydrogens is 345 g/mol. The lowest BCUT2D eigenvalue weighted by atomic mass is 9.96. The van der Waals surface area contributed by atoms with Crippen LogP contribution in [0, 0.1) is 5.82 Å². The van der Waals surface area contributed by atoms with Gasteiger partial charge in [0.1, 0.15) is 17.3 Å². The van der Waals surface area contributed by atoms with E-state index in [1.807, 2.05) is 24.3 Å². The van der Waals surface area contributed by atoms with Crippen LogP contribution >= 0.6 is 0 Å². The van der Waals surface area contributed by atoms with E-state index in [9.17, 15) is 4.39 Å². The van der Waals surface area contributed by atoms with Crippen molar-refractivity contribution in [3.8, 4) is 11.5 Å². The Hall–Kier alpha value is -2.76. The molecule has 1 saturated carbocycles. The van der Waals surface area contributed by atoms with Gasteiger partial charge in [-0.15, -0.1) is 0 Å². The molecule has 0 radical (unpaired) electrons. The SMILES string of the molecule is CN=C(NCc1ccc(OC)cc1OC)NCC1(c2cccc(F)c2)CC1. The van der Waals surface area contributed by atoms with E-state index in [-0.39, 0.29) is 11.2 Å². The molecule has 0 spiro atoms. The predicted molar refractivity (Wildman–Crippen MR) is 105 cm³/mol. The maximum atomic E-state index is 13.5. The molecule has 0 heterocycles. The molecule has 144 valence electrons. The average Bonchev–Trinajstić information content (AvgIpc) is 3.49. The molecule has 0 aliphatic heterocycles. The lowest BCUT2D eigenvalue weighted by Gasteiger charge is -2.19. The summed E-state index contributed by atoms with van der Waals surface area (Å²) in [7, 11) is 5.01. The Morgan fingerprint density at radius 2 is 1.93 bits per heavy atom. The fraction of sp³-hybridized carbons (Fsp3) is 0.381. The van der Waals surface area contributed by atoms with Crippen molar-refractivity contribution in [2.24, 2.45) is 4.99 Å². The molecule has 0 saturated heterocycles. The fourth-order valence-electron chi connectivity index (χ4n) is 3.19. The monoisotopic (exact) mass is 371 g/mol. The van der Waals surface area contributed by atoms with Gasteiger partial charge >= 0.3 is 0 Å². The number of hydrogen-bond donors (Lipinski definition) is 2. The Morgan fingerprint density at radius 1 is 1.11 bits per heavy atom. The maximum Gasteiger partial charge on any atom is 0.191 e. The molecule has 6 heteroatoms. The molecule has 0 bridgehead atoms. The minimum absolute atomic E-state index is 0.00246. The summed E-state index contributed by atoms with van der Waals surface area (Å²) in [5.74, 6) is 2.03. The Bertz CT molecular complexity index is 819. The smallest absolute Gasteiger partial charge is 0.191 e. The van der Waals surface area contributed by atoms with Crippen LogP contribution in [0.2, 0.25) is 0 Å². The van der Waals surface area contributed by atoms with Crippen molar-refractivity contribution in [2.75, 3.05) is 27.8 Å². The van der Waals surface area contributed by atoms with Gasteiger partial charge in [0.15, 0.2) is 5.96 Å². The molecule has 27 heavy (non-hydrogen) atoms. The quantitative estimate of drug-likeness (QED) is 0.580. The Kier molecular flexibility index (Phi) is 5.84. The number of ether oxygens (including phenoxy) is 2. The van der Waals surface area contributed by atoms with E-state index in [0.29, 0.717) is 12.5 Å². The number of aliphatic imine (C=N–C) groups is 1. The Balaban J connectivity index is 1.59. The van der Waals surface area contributed by atoms with E-state index >= 15 is 0 Å². The standard InChI is InChI=1S/C21H26FN3O2/c1-23-20(24-13-15-7-8-18(26-2)12-19(15)27-3)25-14-21(9-10-21)16-5-4-6-17(22)11-16/h4-8,11-12H,9-10,13-14H2,1-3H3,(H2,23,24,25). The number of rotatable bonds is 7. The van der Waals surface area contributed by atoms with Gasteiger partial charge < -0.3 is 20.1 Å². The number of guanidine groups is 1. The third kappa shape index (κ3) is 4.51. The van der Waals surface area contributed by atoms with Gasteiger partial charge in [-0.1, -0.05) is 12.1 Å². The van der Waals surface area contributed by atoms with Gasteiger partial charge in [0.25, 0.3) is 0 Å². The first-order chi connectivity index (χ1) is 13.1. The van der Waals surface area contributed by atoms with Crippen molar-refractivity contribution in [2.45, 2.75) is 24.8 Å².